The molecule has 24 heavy (non-hydrogen) atoms. The van der Waals surface area contributed by atoms with Crippen molar-refractivity contribution in [3.8, 4) is 0 Å². The molecule has 1 unspecified atom stereocenters. The van der Waals surface area contributed by atoms with E-state index in [9.17, 15) is 8.42 Å². The van der Waals surface area contributed by atoms with Crippen LogP contribution >= 0.6 is 0 Å². The van der Waals surface area contributed by atoms with E-state index in [4.69, 9.17) is 4.74 Å². The zero-order valence-electron chi connectivity index (χ0n) is 14.0. The predicted octanol–water partition coefficient (Wildman–Crippen LogP) is 1.98. The maximum Gasteiger partial charge on any atom is 0.279 e. The summed E-state index contributed by atoms with van der Waals surface area (Å²) in [6.45, 7) is 2.25. The minimum atomic E-state index is -3.42. The van der Waals surface area contributed by atoms with Crippen molar-refractivity contribution >= 4 is 21.1 Å². The van der Waals surface area contributed by atoms with E-state index < -0.39 is 10.2 Å². The molecule has 3 rings (SSSR count). The van der Waals surface area contributed by atoms with Crippen LogP contribution in [-0.4, -0.2) is 50.1 Å². The lowest BCUT2D eigenvalue weighted by atomic mass is 10.2. The van der Waals surface area contributed by atoms with Crippen molar-refractivity contribution in [3.05, 3.63) is 36.5 Å². The zero-order chi connectivity index (χ0) is 17.0. The fraction of sp³-hybridized carbons (Fsp3) is 0.529. The lowest BCUT2D eigenvalue weighted by Gasteiger charge is -2.23. The number of rotatable bonds is 8. The molecule has 0 aliphatic carbocycles. The van der Waals surface area contributed by atoms with Crippen LogP contribution in [0.2, 0.25) is 0 Å². The Labute approximate surface area is 143 Å². The molecular weight excluding hydrogens is 326 g/mol. The van der Waals surface area contributed by atoms with E-state index in [2.05, 4.69) is 27.5 Å². The van der Waals surface area contributed by atoms with Crippen LogP contribution in [0.15, 0.2) is 36.5 Å². The number of methoxy groups -OCH3 is 1. The first-order valence-corrected chi connectivity index (χ1v) is 9.85. The molecule has 1 saturated heterocycles. The number of aromatic nitrogens is 1. The molecule has 0 saturated carbocycles. The standard InChI is InChI=1S/C17H25N3O3S/c1-23-14-16-7-4-12-20(16)24(21,22)18-10-5-11-19-13-9-15-6-2-3-8-17(15)19/h2-3,6,8-9,13,16,18H,4-5,7,10-12,14H2,1H3. The van der Waals surface area contributed by atoms with Crippen LogP contribution in [0.25, 0.3) is 10.9 Å². The number of aryl methyl sites for hydroxylation is 1. The van der Waals surface area contributed by atoms with E-state index in [-0.39, 0.29) is 6.04 Å². The van der Waals surface area contributed by atoms with Crippen LogP contribution in [0.1, 0.15) is 19.3 Å². The highest BCUT2D eigenvalue weighted by Gasteiger charge is 2.33. The Morgan fingerprint density at radius 1 is 1.29 bits per heavy atom. The molecule has 1 aliphatic heterocycles. The van der Waals surface area contributed by atoms with Gasteiger partial charge in [-0.15, -0.1) is 0 Å². The molecule has 6 nitrogen and oxygen atoms in total. The molecule has 0 amide bonds. The maximum absolute atomic E-state index is 12.4. The van der Waals surface area contributed by atoms with Crippen LogP contribution in [0.5, 0.6) is 0 Å². The molecule has 1 aliphatic rings. The van der Waals surface area contributed by atoms with Gasteiger partial charge >= 0.3 is 0 Å². The third kappa shape index (κ3) is 3.80. The number of benzene rings is 1. The van der Waals surface area contributed by atoms with Gasteiger partial charge in [0.2, 0.25) is 0 Å². The van der Waals surface area contributed by atoms with E-state index in [1.165, 1.54) is 10.9 Å². The Bertz CT molecular complexity index is 772. The normalized spacial score (nSPS) is 19.3. The largest absolute Gasteiger partial charge is 0.383 e. The highest BCUT2D eigenvalue weighted by atomic mass is 32.2. The summed E-state index contributed by atoms with van der Waals surface area (Å²) >= 11 is 0. The molecule has 1 N–H and O–H groups in total. The first-order valence-electron chi connectivity index (χ1n) is 8.41. The van der Waals surface area contributed by atoms with Crippen molar-refractivity contribution in [1.29, 1.82) is 0 Å². The van der Waals surface area contributed by atoms with E-state index >= 15 is 0 Å². The molecule has 0 bridgehead atoms. The van der Waals surface area contributed by atoms with E-state index in [0.717, 1.165) is 25.8 Å². The average Bonchev–Trinajstić information content (AvgIpc) is 3.19. The molecule has 132 valence electrons. The van der Waals surface area contributed by atoms with Gasteiger partial charge in [-0.2, -0.15) is 12.7 Å². The summed E-state index contributed by atoms with van der Waals surface area (Å²) in [5, 5.41) is 1.21. The van der Waals surface area contributed by atoms with Crippen molar-refractivity contribution in [2.45, 2.75) is 31.8 Å². The molecule has 0 radical (unpaired) electrons. The topological polar surface area (TPSA) is 63.6 Å². The molecule has 2 aromatic rings. The lowest BCUT2D eigenvalue weighted by Crippen LogP contribution is -2.45. The first-order chi connectivity index (χ1) is 11.6. The second-order valence-electron chi connectivity index (χ2n) is 6.18. The molecule has 7 heteroatoms. The van der Waals surface area contributed by atoms with Gasteiger partial charge in [-0.05, 0) is 36.8 Å². The summed E-state index contributed by atoms with van der Waals surface area (Å²) in [5.41, 5.74) is 1.18. The maximum atomic E-state index is 12.4. The summed E-state index contributed by atoms with van der Waals surface area (Å²) in [7, 11) is -1.81. The van der Waals surface area contributed by atoms with Crippen molar-refractivity contribution in [3.63, 3.8) is 0 Å². The van der Waals surface area contributed by atoms with Crippen LogP contribution in [0.4, 0.5) is 0 Å². The van der Waals surface area contributed by atoms with E-state index in [1.807, 2.05) is 18.3 Å². The number of hydrogen-bond acceptors (Lipinski definition) is 3. The number of nitrogens with one attached hydrogen (secondary N) is 1. The van der Waals surface area contributed by atoms with Gasteiger partial charge in [0.05, 0.1) is 6.61 Å². The predicted molar refractivity (Wildman–Crippen MR) is 95.1 cm³/mol. The Morgan fingerprint density at radius 2 is 2.12 bits per heavy atom. The van der Waals surface area contributed by atoms with Crippen LogP contribution < -0.4 is 4.72 Å². The number of fused-ring (bicyclic) bond motifs is 1. The Hall–Kier alpha value is -1.41. The number of para-hydroxylation sites is 1. The molecule has 1 atom stereocenters. The van der Waals surface area contributed by atoms with Crippen LogP contribution in [0.3, 0.4) is 0 Å². The Balaban J connectivity index is 1.52. The second kappa shape index (κ2) is 7.65. The quantitative estimate of drug-likeness (QED) is 0.740. The number of nitrogens with zero attached hydrogens (tertiary/aromatic N) is 2. The Kier molecular flexibility index (Phi) is 5.55. The third-order valence-corrected chi connectivity index (χ3v) is 6.20. The second-order valence-corrected chi connectivity index (χ2v) is 7.89. The van der Waals surface area contributed by atoms with Gasteiger partial charge in [0.25, 0.3) is 10.2 Å². The van der Waals surface area contributed by atoms with Gasteiger partial charge < -0.3 is 9.30 Å². The van der Waals surface area contributed by atoms with Crippen molar-refractivity contribution in [2.24, 2.45) is 0 Å². The zero-order valence-corrected chi connectivity index (χ0v) is 14.8. The fourth-order valence-corrected chi connectivity index (χ4v) is 4.85. The van der Waals surface area contributed by atoms with E-state index in [0.29, 0.717) is 19.7 Å². The highest BCUT2D eigenvalue weighted by Crippen LogP contribution is 2.20. The summed E-state index contributed by atoms with van der Waals surface area (Å²) in [4.78, 5) is 0. The van der Waals surface area contributed by atoms with Crippen molar-refractivity contribution < 1.29 is 13.2 Å². The third-order valence-electron chi connectivity index (χ3n) is 4.53. The molecular formula is C17H25N3O3S. The van der Waals surface area contributed by atoms with Crippen molar-refractivity contribution in [1.82, 2.24) is 13.6 Å². The highest BCUT2D eigenvalue weighted by molar-refractivity contribution is 7.87. The van der Waals surface area contributed by atoms with Gasteiger partial charge in [0.15, 0.2) is 0 Å². The lowest BCUT2D eigenvalue weighted by molar-refractivity contribution is 0.148. The molecule has 1 aromatic heterocycles. The Morgan fingerprint density at radius 3 is 2.96 bits per heavy atom. The summed E-state index contributed by atoms with van der Waals surface area (Å²) < 4.78 is 36.5. The minimum absolute atomic E-state index is 0.0408. The fourth-order valence-electron chi connectivity index (χ4n) is 3.35. The van der Waals surface area contributed by atoms with Crippen LogP contribution in [-0.2, 0) is 21.5 Å². The van der Waals surface area contributed by atoms with Gasteiger partial charge in [0, 0.05) is 44.5 Å². The molecule has 0 spiro atoms. The SMILES string of the molecule is COCC1CCCN1S(=O)(=O)NCCCn1ccc2ccccc21. The average molecular weight is 351 g/mol. The molecule has 2 heterocycles. The van der Waals surface area contributed by atoms with Gasteiger partial charge in [-0.3, -0.25) is 0 Å². The smallest absolute Gasteiger partial charge is 0.279 e. The molecule has 1 aromatic carbocycles. The van der Waals surface area contributed by atoms with Crippen LogP contribution in [0, 0.1) is 0 Å². The minimum Gasteiger partial charge on any atom is -0.383 e. The van der Waals surface area contributed by atoms with E-state index in [1.54, 1.807) is 11.4 Å². The first kappa shape index (κ1) is 17.4. The molecule has 1 fully saturated rings. The number of hydrogen-bond donors (Lipinski definition) is 1. The van der Waals surface area contributed by atoms with Gasteiger partial charge in [-0.25, -0.2) is 4.72 Å². The monoisotopic (exact) mass is 351 g/mol. The summed E-state index contributed by atoms with van der Waals surface area (Å²) in [6, 6.07) is 10.2. The summed E-state index contributed by atoms with van der Waals surface area (Å²) in [6.07, 6.45) is 4.56. The van der Waals surface area contributed by atoms with Crippen molar-refractivity contribution in [2.75, 3.05) is 26.8 Å². The number of ether oxygens (including phenoxy) is 1. The van der Waals surface area contributed by atoms with Gasteiger partial charge in [-0.1, -0.05) is 18.2 Å². The summed E-state index contributed by atoms with van der Waals surface area (Å²) in [5.74, 6) is 0. The van der Waals surface area contributed by atoms with Gasteiger partial charge in [0.1, 0.15) is 0 Å².